The molecule has 1 fully saturated rings. The van der Waals surface area contributed by atoms with E-state index in [4.69, 9.17) is 0 Å². The van der Waals surface area contributed by atoms with Crippen LogP contribution < -0.4 is 5.32 Å². The molecule has 2 heterocycles. The van der Waals surface area contributed by atoms with E-state index in [1.54, 1.807) is 12.4 Å². The van der Waals surface area contributed by atoms with Gasteiger partial charge in [-0.25, -0.2) is 9.97 Å². The highest BCUT2D eigenvalue weighted by Gasteiger charge is 2.24. The van der Waals surface area contributed by atoms with Crippen LogP contribution in [0.1, 0.15) is 26.7 Å². The Kier molecular flexibility index (Phi) is 4.95. The summed E-state index contributed by atoms with van der Waals surface area (Å²) in [7, 11) is 0. The van der Waals surface area contributed by atoms with Gasteiger partial charge in [0.1, 0.15) is 0 Å². The largest absolute Gasteiger partial charge is 0.353 e. The second-order valence-electron chi connectivity index (χ2n) is 5.29. The highest BCUT2D eigenvalue weighted by Crippen LogP contribution is 2.19. The molecule has 0 aliphatic carbocycles. The highest BCUT2D eigenvalue weighted by molar-refractivity contribution is 9.10. The molecule has 1 atom stereocenters. The summed E-state index contributed by atoms with van der Waals surface area (Å²) in [5.74, 6) is 1.45. The average Bonchev–Trinajstić information content (AvgIpc) is 2.75. The molecule has 0 saturated carbocycles. The van der Waals surface area contributed by atoms with Crippen LogP contribution in [0.3, 0.4) is 0 Å². The molecule has 1 saturated heterocycles. The molecule has 1 aromatic rings. The zero-order valence-electron chi connectivity index (χ0n) is 11.1. The van der Waals surface area contributed by atoms with Gasteiger partial charge in [-0.1, -0.05) is 13.8 Å². The molecular weight excluding hydrogens is 292 g/mol. The number of rotatable bonds is 5. The Morgan fingerprint density at radius 2 is 2.17 bits per heavy atom. The van der Waals surface area contributed by atoms with Gasteiger partial charge in [-0.2, -0.15) is 0 Å². The lowest BCUT2D eigenvalue weighted by Crippen LogP contribution is -2.37. The summed E-state index contributed by atoms with van der Waals surface area (Å²) in [6.07, 6.45) is 6.13. The maximum atomic E-state index is 4.24. The number of hydrogen-bond acceptors (Lipinski definition) is 4. The number of aromatic nitrogens is 2. The molecule has 0 spiro atoms. The summed E-state index contributed by atoms with van der Waals surface area (Å²) in [5.41, 5.74) is 0. The third-order valence-corrected chi connectivity index (χ3v) is 3.62. The normalized spacial score (nSPS) is 20.6. The van der Waals surface area contributed by atoms with Crippen LogP contribution in [0.2, 0.25) is 0 Å². The van der Waals surface area contributed by atoms with E-state index in [0.717, 1.165) is 22.9 Å². The highest BCUT2D eigenvalue weighted by atomic mass is 79.9. The van der Waals surface area contributed by atoms with E-state index in [9.17, 15) is 0 Å². The van der Waals surface area contributed by atoms with E-state index in [0.29, 0.717) is 6.04 Å². The Morgan fingerprint density at radius 1 is 1.44 bits per heavy atom. The molecule has 1 aliphatic heterocycles. The fourth-order valence-electron chi connectivity index (χ4n) is 2.45. The van der Waals surface area contributed by atoms with Gasteiger partial charge in [0.25, 0.3) is 0 Å². The smallest absolute Gasteiger partial charge is 0.222 e. The van der Waals surface area contributed by atoms with Crippen LogP contribution in [0.15, 0.2) is 16.9 Å². The van der Waals surface area contributed by atoms with Crippen molar-refractivity contribution >= 4 is 21.9 Å². The minimum absolute atomic E-state index is 0.625. The van der Waals surface area contributed by atoms with E-state index in [1.165, 1.54) is 25.9 Å². The first-order valence-corrected chi connectivity index (χ1v) is 7.40. The van der Waals surface area contributed by atoms with Crippen LogP contribution in [-0.4, -0.2) is 40.5 Å². The fraction of sp³-hybridized carbons (Fsp3) is 0.692. The van der Waals surface area contributed by atoms with Gasteiger partial charge >= 0.3 is 0 Å². The van der Waals surface area contributed by atoms with Crippen molar-refractivity contribution in [1.82, 2.24) is 14.9 Å². The zero-order valence-corrected chi connectivity index (χ0v) is 12.7. The van der Waals surface area contributed by atoms with E-state index < -0.39 is 0 Å². The van der Waals surface area contributed by atoms with Crippen molar-refractivity contribution in [3.05, 3.63) is 16.9 Å². The quantitative estimate of drug-likeness (QED) is 0.907. The molecular formula is C13H21BrN4. The van der Waals surface area contributed by atoms with Gasteiger partial charge in [-0.15, -0.1) is 0 Å². The Labute approximate surface area is 117 Å². The van der Waals surface area contributed by atoms with Crippen LogP contribution in [0.5, 0.6) is 0 Å². The molecule has 18 heavy (non-hydrogen) atoms. The minimum atomic E-state index is 0.625. The van der Waals surface area contributed by atoms with Crippen molar-refractivity contribution in [2.24, 2.45) is 5.92 Å². The Bertz CT molecular complexity index is 366. The molecule has 100 valence electrons. The molecule has 1 aromatic heterocycles. The molecule has 0 aromatic carbocycles. The van der Waals surface area contributed by atoms with Gasteiger partial charge in [0.05, 0.1) is 4.47 Å². The summed E-state index contributed by atoms with van der Waals surface area (Å²) >= 11 is 3.34. The third kappa shape index (κ3) is 3.92. The number of nitrogens with zero attached hydrogens (tertiary/aromatic N) is 3. The summed E-state index contributed by atoms with van der Waals surface area (Å²) in [4.78, 5) is 11.1. The van der Waals surface area contributed by atoms with Crippen molar-refractivity contribution < 1.29 is 0 Å². The summed E-state index contributed by atoms with van der Waals surface area (Å²) in [6, 6.07) is 0.625. The second kappa shape index (κ2) is 6.48. The lowest BCUT2D eigenvalue weighted by atomic mass is 10.1. The van der Waals surface area contributed by atoms with E-state index in [-0.39, 0.29) is 0 Å². The van der Waals surface area contributed by atoms with E-state index >= 15 is 0 Å². The number of hydrogen-bond donors (Lipinski definition) is 1. The number of halogens is 1. The summed E-state index contributed by atoms with van der Waals surface area (Å²) < 4.78 is 0.912. The van der Waals surface area contributed by atoms with Crippen molar-refractivity contribution in [1.29, 1.82) is 0 Å². The SMILES string of the molecule is CC(C)CN1CCC[C@@H]1CNc1ncc(Br)cn1. The first-order valence-electron chi connectivity index (χ1n) is 6.60. The maximum Gasteiger partial charge on any atom is 0.222 e. The molecule has 5 heteroatoms. The van der Waals surface area contributed by atoms with Crippen LogP contribution in [0.4, 0.5) is 5.95 Å². The van der Waals surface area contributed by atoms with Gasteiger partial charge < -0.3 is 5.32 Å². The molecule has 0 bridgehead atoms. The average molecular weight is 313 g/mol. The monoisotopic (exact) mass is 312 g/mol. The lowest BCUT2D eigenvalue weighted by molar-refractivity contribution is 0.234. The van der Waals surface area contributed by atoms with Crippen molar-refractivity contribution in [3.63, 3.8) is 0 Å². The van der Waals surface area contributed by atoms with Crippen molar-refractivity contribution in [2.75, 3.05) is 25.0 Å². The standard InChI is InChI=1S/C13H21BrN4/c1-10(2)9-18-5-3-4-12(18)8-17-13-15-6-11(14)7-16-13/h6-7,10,12H,3-5,8-9H2,1-2H3,(H,15,16,17)/t12-/m1/s1. The molecule has 2 rings (SSSR count). The number of nitrogens with one attached hydrogen (secondary N) is 1. The van der Waals surface area contributed by atoms with E-state index in [2.05, 4.69) is 50.0 Å². The van der Waals surface area contributed by atoms with Crippen molar-refractivity contribution in [2.45, 2.75) is 32.7 Å². The van der Waals surface area contributed by atoms with Gasteiger partial charge in [0.15, 0.2) is 0 Å². The summed E-state index contributed by atoms with van der Waals surface area (Å²) in [6.45, 7) is 7.91. The van der Waals surface area contributed by atoms with Crippen LogP contribution in [-0.2, 0) is 0 Å². The predicted octanol–water partition coefficient (Wildman–Crippen LogP) is 2.77. The summed E-state index contributed by atoms with van der Waals surface area (Å²) in [5, 5.41) is 3.33. The van der Waals surface area contributed by atoms with Gasteiger partial charge in [-0.3, -0.25) is 4.90 Å². The Morgan fingerprint density at radius 3 is 2.83 bits per heavy atom. The zero-order chi connectivity index (χ0) is 13.0. The van der Waals surface area contributed by atoms with Crippen LogP contribution >= 0.6 is 15.9 Å². The van der Waals surface area contributed by atoms with Crippen molar-refractivity contribution in [3.8, 4) is 0 Å². The topological polar surface area (TPSA) is 41.0 Å². The number of anilines is 1. The maximum absolute atomic E-state index is 4.24. The predicted molar refractivity (Wildman–Crippen MR) is 77.7 cm³/mol. The number of likely N-dealkylation sites (tertiary alicyclic amines) is 1. The molecule has 0 amide bonds. The fourth-order valence-corrected chi connectivity index (χ4v) is 2.65. The third-order valence-electron chi connectivity index (χ3n) is 3.21. The Hall–Kier alpha value is -0.680. The first-order chi connectivity index (χ1) is 8.65. The molecule has 0 unspecified atom stereocenters. The minimum Gasteiger partial charge on any atom is -0.353 e. The molecule has 4 nitrogen and oxygen atoms in total. The van der Waals surface area contributed by atoms with Gasteiger partial charge in [0, 0.05) is 31.5 Å². The molecule has 1 N–H and O–H groups in total. The first kappa shape index (κ1) is 13.7. The lowest BCUT2D eigenvalue weighted by Gasteiger charge is -2.26. The molecule has 0 radical (unpaired) electrons. The van der Waals surface area contributed by atoms with Gasteiger partial charge in [-0.05, 0) is 41.2 Å². The van der Waals surface area contributed by atoms with E-state index in [1.807, 2.05) is 0 Å². The van der Waals surface area contributed by atoms with Crippen LogP contribution in [0.25, 0.3) is 0 Å². The van der Waals surface area contributed by atoms with Crippen LogP contribution in [0, 0.1) is 5.92 Å². The van der Waals surface area contributed by atoms with Gasteiger partial charge in [0.2, 0.25) is 5.95 Å². The molecule has 1 aliphatic rings. The second-order valence-corrected chi connectivity index (χ2v) is 6.21. The Balaban J connectivity index is 1.83.